The number of carbonyl (C=O) groups excluding carboxylic acids is 1. The number of fused-ring (bicyclic) bond motifs is 1. The standard InChI is InChI=1S/C20H24N2O3S/c1-13-3-4-18(26-13)15-9-16-12-22(7-8-25-19(16)17(23)10-15)20(24)14-5-6-21(2)11-14/h3-4,9-10,14,23H,5-8,11-12H2,1-2H3. The number of benzene rings is 1. The summed E-state index contributed by atoms with van der Waals surface area (Å²) < 4.78 is 5.79. The first-order chi connectivity index (χ1) is 12.5. The van der Waals surface area contributed by atoms with Crippen LogP contribution in [0.2, 0.25) is 0 Å². The molecule has 0 saturated carbocycles. The van der Waals surface area contributed by atoms with Gasteiger partial charge in [-0.1, -0.05) is 0 Å². The molecule has 6 heteroatoms. The summed E-state index contributed by atoms with van der Waals surface area (Å²) in [5, 5.41) is 10.5. The molecule has 0 radical (unpaired) electrons. The summed E-state index contributed by atoms with van der Waals surface area (Å²) in [5.41, 5.74) is 1.85. The van der Waals surface area contributed by atoms with Crippen LogP contribution in [-0.2, 0) is 11.3 Å². The molecule has 1 N–H and O–H groups in total. The third-order valence-electron chi connectivity index (χ3n) is 5.19. The number of hydrogen-bond donors (Lipinski definition) is 1. The molecule has 1 aromatic heterocycles. The van der Waals surface area contributed by atoms with Gasteiger partial charge in [-0.2, -0.15) is 0 Å². The number of nitrogens with zero attached hydrogens (tertiary/aromatic N) is 2. The average molecular weight is 372 g/mol. The minimum Gasteiger partial charge on any atom is -0.504 e. The van der Waals surface area contributed by atoms with Crippen molar-refractivity contribution in [1.29, 1.82) is 0 Å². The van der Waals surface area contributed by atoms with Crippen LogP contribution in [0.1, 0.15) is 16.9 Å². The van der Waals surface area contributed by atoms with Gasteiger partial charge in [0, 0.05) is 28.4 Å². The molecular formula is C20H24N2O3S. The molecule has 1 atom stereocenters. The van der Waals surface area contributed by atoms with Crippen LogP contribution in [0.15, 0.2) is 24.3 Å². The van der Waals surface area contributed by atoms with Gasteiger partial charge in [-0.15, -0.1) is 11.3 Å². The van der Waals surface area contributed by atoms with Crippen molar-refractivity contribution in [3.8, 4) is 21.9 Å². The van der Waals surface area contributed by atoms with E-state index in [4.69, 9.17) is 4.74 Å². The molecule has 2 aromatic rings. The Kier molecular flexibility index (Phi) is 4.63. The Morgan fingerprint density at radius 2 is 2.15 bits per heavy atom. The molecule has 4 rings (SSSR count). The number of phenolic OH excluding ortho intramolecular Hbond substituents is 1. The van der Waals surface area contributed by atoms with E-state index in [-0.39, 0.29) is 17.6 Å². The van der Waals surface area contributed by atoms with Crippen LogP contribution in [0.4, 0.5) is 0 Å². The number of likely N-dealkylation sites (tertiary alicyclic amines) is 1. The van der Waals surface area contributed by atoms with Gasteiger partial charge in [0.05, 0.1) is 12.5 Å². The maximum Gasteiger partial charge on any atom is 0.227 e. The van der Waals surface area contributed by atoms with Gasteiger partial charge in [-0.3, -0.25) is 4.79 Å². The second kappa shape index (κ2) is 6.93. The quantitative estimate of drug-likeness (QED) is 0.880. The Bertz CT molecular complexity index is 832. The van der Waals surface area contributed by atoms with E-state index in [2.05, 4.69) is 31.0 Å². The molecule has 2 aliphatic rings. The molecule has 1 unspecified atom stereocenters. The molecule has 1 amide bonds. The van der Waals surface area contributed by atoms with Crippen molar-refractivity contribution in [1.82, 2.24) is 9.80 Å². The van der Waals surface area contributed by atoms with Crippen LogP contribution in [0.3, 0.4) is 0 Å². The summed E-state index contributed by atoms with van der Waals surface area (Å²) in [6.45, 7) is 5.31. The lowest BCUT2D eigenvalue weighted by Gasteiger charge is -2.23. The summed E-state index contributed by atoms with van der Waals surface area (Å²) >= 11 is 1.70. The fourth-order valence-corrected chi connectivity index (χ4v) is 4.67. The molecule has 0 aliphatic carbocycles. The Morgan fingerprint density at radius 1 is 1.31 bits per heavy atom. The predicted octanol–water partition coefficient (Wildman–Crippen LogP) is 3.10. The van der Waals surface area contributed by atoms with Crippen molar-refractivity contribution in [2.24, 2.45) is 5.92 Å². The first-order valence-electron chi connectivity index (χ1n) is 9.04. The summed E-state index contributed by atoms with van der Waals surface area (Å²) in [4.78, 5) is 19.4. The maximum atomic E-state index is 12.9. The number of phenols is 1. The van der Waals surface area contributed by atoms with Crippen LogP contribution >= 0.6 is 11.3 Å². The van der Waals surface area contributed by atoms with Gasteiger partial charge >= 0.3 is 0 Å². The molecule has 2 aliphatic heterocycles. The van der Waals surface area contributed by atoms with E-state index in [0.29, 0.717) is 25.4 Å². The van der Waals surface area contributed by atoms with Gasteiger partial charge in [0.15, 0.2) is 11.5 Å². The first-order valence-corrected chi connectivity index (χ1v) is 9.86. The van der Waals surface area contributed by atoms with Gasteiger partial charge in [0.25, 0.3) is 0 Å². The summed E-state index contributed by atoms with van der Waals surface area (Å²) in [5.74, 6) is 0.931. The predicted molar refractivity (Wildman–Crippen MR) is 103 cm³/mol. The molecule has 1 saturated heterocycles. The highest BCUT2D eigenvalue weighted by Crippen LogP contribution is 2.39. The van der Waals surface area contributed by atoms with Crippen molar-refractivity contribution in [3.05, 3.63) is 34.7 Å². The molecule has 0 spiro atoms. The number of hydrogen-bond acceptors (Lipinski definition) is 5. The Labute approximate surface area is 157 Å². The topological polar surface area (TPSA) is 53.0 Å². The maximum absolute atomic E-state index is 12.9. The highest BCUT2D eigenvalue weighted by atomic mass is 32.1. The van der Waals surface area contributed by atoms with Gasteiger partial charge in [-0.05, 0) is 56.8 Å². The zero-order valence-corrected chi connectivity index (χ0v) is 16.0. The number of thiophene rings is 1. The van der Waals surface area contributed by atoms with E-state index >= 15 is 0 Å². The normalized spacial score (nSPS) is 20.5. The number of amides is 1. The minimum atomic E-state index is 0.0678. The van der Waals surface area contributed by atoms with Crippen LogP contribution in [0.5, 0.6) is 11.5 Å². The van der Waals surface area contributed by atoms with Crippen molar-refractivity contribution < 1.29 is 14.6 Å². The van der Waals surface area contributed by atoms with E-state index < -0.39 is 0 Å². The molecule has 138 valence electrons. The van der Waals surface area contributed by atoms with Gasteiger partial charge in [0.2, 0.25) is 5.91 Å². The number of rotatable bonds is 2. The molecule has 0 bridgehead atoms. The van der Waals surface area contributed by atoms with E-state index in [0.717, 1.165) is 35.5 Å². The third kappa shape index (κ3) is 3.31. The van der Waals surface area contributed by atoms with Gasteiger partial charge < -0.3 is 19.6 Å². The van der Waals surface area contributed by atoms with Gasteiger partial charge in [-0.25, -0.2) is 0 Å². The third-order valence-corrected chi connectivity index (χ3v) is 6.24. The van der Waals surface area contributed by atoms with E-state index in [1.807, 2.05) is 11.0 Å². The molecule has 3 heterocycles. The molecule has 26 heavy (non-hydrogen) atoms. The van der Waals surface area contributed by atoms with E-state index in [9.17, 15) is 9.90 Å². The van der Waals surface area contributed by atoms with Crippen LogP contribution in [-0.4, -0.2) is 54.1 Å². The molecule has 1 aromatic carbocycles. The first kappa shape index (κ1) is 17.4. The number of ether oxygens (including phenoxy) is 1. The highest BCUT2D eigenvalue weighted by molar-refractivity contribution is 7.15. The number of aromatic hydroxyl groups is 1. The van der Waals surface area contributed by atoms with Crippen molar-refractivity contribution in [2.75, 3.05) is 33.3 Å². The van der Waals surface area contributed by atoms with Crippen molar-refractivity contribution >= 4 is 17.2 Å². The van der Waals surface area contributed by atoms with E-state index in [1.165, 1.54) is 4.88 Å². The SMILES string of the molecule is Cc1ccc(-c2cc(O)c3c(c2)CN(C(=O)C2CCN(C)C2)CCO3)s1. The number of carbonyl (C=O) groups is 1. The molecular weight excluding hydrogens is 348 g/mol. The zero-order chi connectivity index (χ0) is 18.3. The summed E-state index contributed by atoms with van der Waals surface area (Å²) in [6.07, 6.45) is 0.916. The van der Waals surface area contributed by atoms with Crippen molar-refractivity contribution in [2.45, 2.75) is 19.9 Å². The van der Waals surface area contributed by atoms with E-state index in [1.54, 1.807) is 17.4 Å². The summed E-state index contributed by atoms with van der Waals surface area (Å²) in [6, 6.07) is 7.95. The smallest absolute Gasteiger partial charge is 0.227 e. The highest BCUT2D eigenvalue weighted by Gasteiger charge is 2.31. The number of aryl methyl sites for hydroxylation is 1. The van der Waals surface area contributed by atoms with Crippen LogP contribution in [0.25, 0.3) is 10.4 Å². The fraction of sp³-hybridized carbons (Fsp3) is 0.450. The fourth-order valence-electron chi connectivity index (χ4n) is 3.81. The summed E-state index contributed by atoms with van der Waals surface area (Å²) in [7, 11) is 2.06. The lowest BCUT2D eigenvalue weighted by molar-refractivity contribution is -0.135. The zero-order valence-electron chi connectivity index (χ0n) is 15.2. The van der Waals surface area contributed by atoms with Crippen LogP contribution < -0.4 is 4.74 Å². The minimum absolute atomic E-state index is 0.0678. The Balaban J connectivity index is 1.62. The average Bonchev–Trinajstić information content (AvgIpc) is 3.17. The largest absolute Gasteiger partial charge is 0.504 e. The van der Waals surface area contributed by atoms with Crippen LogP contribution in [0, 0.1) is 12.8 Å². The Morgan fingerprint density at radius 3 is 2.85 bits per heavy atom. The molecule has 1 fully saturated rings. The van der Waals surface area contributed by atoms with Gasteiger partial charge in [0.1, 0.15) is 6.61 Å². The lowest BCUT2D eigenvalue weighted by Crippen LogP contribution is -2.38. The molecule has 5 nitrogen and oxygen atoms in total. The van der Waals surface area contributed by atoms with Crippen molar-refractivity contribution in [3.63, 3.8) is 0 Å². The second-order valence-electron chi connectivity index (χ2n) is 7.25. The lowest BCUT2D eigenvalue weighted by atomic mass is 10.0. The second-order valence-corrected chi connectivity index (χ2v) is 8.54. The Hall–Kier alpha value is -2.05. The monoisotopic (exact) mass is 372 g/mol.